The summed E-state index contributed by atoms with van der Waals surface area (Å²) in [5, 5.41) is 10.8. The summed E-state index contributed by atoms with van der Waals surface area (Å²) >= 11 is 0. The standard InChI is InChI=1S/C34H24F2N4O4/c35-25-11-15-27(16-12-25)37-33(43)23-3-1-5-29(19-23)39-31(41)21-7-9-22(10-8-21)32(42)40-30-6-2-4-24(20-30)34(44)38-28-17-13-26(36)14-18-28/h1-20H,(H,37,43)(H,38,44)(H,39,41)(H,40,42). The van der Waals surface area contributed by atoms with Gasteiger partial charge in [-0.05, 0) is 109 Å². The molecule has 44 heavy (non-hydrogen) atoms. The van der Waals surface area contributed by atoms with Crippen LogP contribution in [0.25, 0.3) is 0 Å². The van der Waals surface area contributed by atoms with E-state index in [0.29, 0.717) is 22.7 Å². The van der Waals surface area contributed by atoms with Crippen molar-refractivity contribution in [3.8, 4) is 0 Å². The normalized spacial score (nSPS) is 10.4. The predicted octanol–water partition coefficient (Wildman–Crippen LogP) is 6.97. The maximum atomic E-state index is 13.1. The zero-order valence-corrected chi connectivity index (χ0v) is 22.9. The van der Waals surface area contributed by atoms with Gasteiger partial charge >= 0.3 is 0 Å². The van der Waals surface area contributed by atoms with Crippen molar-refractivity contribution in [2.45, 2.75) is 0 Å². The molecule has 0 unspecified atom stereocenters. The second-order valence-corrected chi connectivity index (χ2v) is 9.57. The molecule has 4 amide bonds. The molecule has 0 heterocycles. The van der Waals surface area contributed by atoms with Crippen molar-refractivity contribution >= 4 is 46.4 Å². The zero-order chi connectivity index (χ0) is 31.1. The fourth-order valence-corrected chi connectivity index (χ4v) is 4.13. The van der Waals surface area contributed by atoms with Gasteiger partial charge in [0.2, 0.25) is 0 Å². The van der Waals surface area contributed by atoms with Gasteiger partial charge in [0.05, 0.1) is 0 Å². The molecule has 0 aliphatic rings. The summed E-state index contributed by atoms with van der Waals surface area (Å²) in [4.78, 5) is 50.8. The van der Waals surface area contributed by atoms with Gasteiger partial charge in [0.15, 0.2) is 0 Å². The topological polar surface area (TPSA) is 116 Å². The van der Waals surface area contributed by atoms with Crippen LogP contribution in [0.2, 0.25) is 0 Å². The van der Waals surface area contributed by atoms with Gasteiger partial charge in [-0.2, -0.15) is 0 Å². The minimum atomic E-state index is -0.451. The Morgan fingerprint density at radius 2 is 0.682 bits per heavy atom. The van der Waals surface area contributed by atoms with E-state index in [4.69, 9.17) is 0 Å². The molecular weight excluding hydrogens is 566 g/mol. The summed E-state index contributed by atoms with van der Waals surface area (Å²) in [6, 6.07) is 29.3. The lowest BCUT2D eigenvalue weighted by Gasteiger charge is -2.10. The zero-order valence-electron chi connectivity index (χ0n) is 22.9. The summed E-state index contributed by atoms with van der Waals surface area (Å²) in [6.07, 6.45) is 0. The fraction of sp³-hybridized carbons (Fsp3) is 0. The van der Waals surface area contributed by atoms with Crippen LogP contribution in [0.5, 0.6) is 0 Å². The number of hydrogen-bond acceptors (Lipinski definition) is 4. The van der Waals surface area contributed by atoms with Gasteiger partial charge in [-0.3, -0.25) is 19.2 Å². The molecule has 0 atom stereocenters. The molecule has 5 rings (SSSR count). The average Bonchev–Trinajstić information content (AvgIpc) is 3.03. The molecule has 0 saturated heterocycles. The summed E-state index contributed by atoms with van der Waals surface area (Å²) < 4.78 is 26.2. The molecule has 0 bridgehead atoms. The summed E-state index contributed by atoms with van der Waals surface area (Å²) in [7, 11) is 0. The number of halogens is 2. The van der Waals surface area contributed by atoms with Crippen molar-refractivity contribution in [3.63, 3.8) is 0 Å². The van der Waals surface area contributed by atoms with Gasteiger partial charge in [0.25, 0.3) is 23.6 Å². The lowest BCUT2D eigenvalue weighted by molar-refractivity contribution is 0.101. The second kappa shape index (κ2) is 13.2. The van der Waals surface area contributed by atoms with Gasteiger partial charge in [-0.15, -0.1) is 0 Å². The van der Waals surface area contributed by atoms with Crippen LogP contribution < -0.4 is 21.3 Å². The summed E-state index contributed by atoms with van der Waals surface area (Å²) in [6.45, 7) is 0. The van der Waals surface area contributed by atoms with Crippen LogP contribution in [-0.2, 0) is 0 Å². The number of carbonyl (C=O) groups is 4. The number of amides is 4. The third-order valence-electron chi connectivity index (χ3n) is 6.38. The van der Waals surface area contributed by atoms with Gasteiger partial charge in [-0.25, -0.2) is 8.78 Å². The molecule has 0 aromatic heterocycles. The van der Waals surface area contributed by atoms with Gasteiger partial charge in [0, 0.05) is 45.0 Å². The molecule has 4 N–H and O–H groups in total. The van der Waals surface area contributed by atoms with E-state index in [1.807, 2.05) is 0 Å². The van der Waals surface area contributed by atoms with Crippen LogP contribution in [-0.4, -0.2) is 23.6 Å². The van der Waals surface area contributed by atoms with E-state index in [1.165, 1.54) is 84.9 Å². The van der Waals surface area contributed by atoms with Crippen molar-refractivity contribution in [2.75, 3.05) is 21.3 Å². The van der Waals surface area contributed by atoms with E-state index in [0.717, 1.165) is 0 Å². The van der Waals surface area contributed by atoms with Crippen LogP contribution in [0, 0.1) is 11.6 Å². The van der Waals surface area contributed by atoms with E-state index in [9.17, 15) is 28.0 Å². The number of anilines is 4. The number of hydrogen-bond donors (Lipinski definition) is 4. The Balaban J connectivity index is 1.18. The Morgan fingerprint density at radius 1 is 0.364 bits per heavy atom. The molecule has 0 spiro atoms. The first-order valence-electron chi connectivity index (χ1n) is 13.3. The maximum Gasteiger partial charge on any atom is 0.255 e. The highest BCUT2D eigenvalue weighted by atomic mass is 19.1. The third-order valence-corrected chi connectivity index (χ3v) is 6.38. The number of rotatable bonds is 8. The van der Waals surface area contributed by atoms with E-state index in [1.54, 1.807) is 36.4 Å². The van der Waals surface area contributed by atoms with E-state index < -0.39 is 35.3 Å². The number of nitrogens with one attached hydrogen (secondary N) is 4. The Labute approximate surface area is 250 Å². The van der Waals surface area contributed by atoms with Gasteiger partial charge in [0.1, 0.15) is 11.6 Å². The Kier molecular flexibility index (Phi) is 8.81. The van der Waals surface area contributed by atoms with Gasteiger partial charge in [-0.1, -0.05) is 12.1 Å². The molecule has 0 aliphatic carbocycles. The monoisotopic (exact) mass is 590 g/mol. The van der Waals surface area contributed by atoms with E-state index in [-0.39, 0.29) is 22.3 Å². The van der Waals surface area contributed by atoms with Crippen molar-refractivity contribution in [2.24, 2.45) is 0 Å². The minimum Gasteiger partial charge on any atom is -0.322 e. The molecule has 8 nitrogen and oxygen atoms in total. The van der Waals surface area contributed by atoms with Crippen molar-refractivity contribution in [1.82, 2.24) is 0 Å². The number of carbonyl (C=O) groups excluding carboxylic acids is 4. The highest BCUT2D eigenvalue weighted by Gasteiger charge is 2.13. The van der Waals surface area contributed by atoms with Crippen molar-refractivity contribution in [3.05, 3.63) is 155 Å². The highest BCUT2D eigenvalue weighted by Crippen LogP contribution is 2.18. The van der Waals surface area contributed by atoms with E-state index >= 15 is 0 Å². The number of benzene rings is 5. The van der Waals surface area contributed by atoms with Crippen LogP contribution in [0.3, 0.4) is 0 Å². The minimum absolute atomic E-state index is 0.280. The molecule has 5 aromatic rings. The van der Waals surface area contributed by atoms with E-state index in [2.05, 4.69) is 21.3 Å². The van der Waals surface area contributed by atoms with Crippen molar-refractivity contribution < 1.29 is 28.0 Å². The molecule has 5 aromatic carbocycles. The fourth-order valence-electron chi connectivity index (χ4n) is 4.13. The predicted molar refractivity (Wildman–Crippen MR) is 164 cm³/mol. The molecule has 0 aliphatic heterocycles. The first-order valence-corrected chi connectivity index (χ1v) is 13.3. The lowest BCUT2D eigenvalue weighted by Crippen LogP contribution is -2.16. The maximum absolute atomic E-state index is 13.1. The first-order chi connectivity index (χ1) is 21.2. The molecule has 10 heteroatoms. The molecule has 218 valence electrons. The molecular formula is C34H24F2N4O4. The largest absolute Gasteiger partial charge is 0.322 e. The second-order valence-electron chi connectivity index (χ2n) is 9.57. The van der Waals surface area contributed by atoms with Crippen LogP contribution in [0.4, 0.5) is 31.5 Å². The smallest absolute Gasteiger partial charge is 0.255 e. The SMILES string of the molecule is O=C(Nc1cccc(C(=O)Nc2ccc(F)cc2)c1)c1ccc(C(=O)Nc2cccc(C(=O)Nc3ccc(F)cc3)c2)cc1. The van der Waals surface area contributed by atoms with Crippen LogP contribution in [0.1, 0.15) is 41.4 Å². The molecule has 0 saturated carbocycles. The Hall–Kier alpha value is -6.16. The molecule has 0 radical (unpaired) electrons. The van der Waals surface area contributed by atoms with Crippen molar-refractivity contribution in [1.29, 1.82) is 0 Å². The lowest BCUT2D eigenvalue weighted by atomic mass is 10.1. The van der Waals surface area contributed by atoms with Gasteiger partial charge < -0.3 is 21.3 Å². The quantitative estimate of drug-likeness (QED) is 0.156. The molecule has 0 fully saturated rings. The average molecular weight is 591 g/mol. The summed E-state index contributed by atoms with van der Waals surface area (Å²) in [5.74, 6) is -2.60. The highest BCUT2D eigenvalue weighted by molar-refractivity contribution is 6.09. The summed E-state index contributed by atoms with van der Waals surface area (Å²) in [5.41, 5.74) is 2.75. The third kappa shape index (κ3) is 7.56. The first kappa shape index (κ1) is 29.3. The van der Waals surface area contributed by atoms with Crippen LogP contribution in [0.15, 0.2) is 121 Å². The Morgan fingerprint density at radius 3 is 1.05 bits per heavy atom. The Bertz CT molecular complexity index is 1710. The van der Waals surface area contributed by atoms with Crippen LogP contribution >= 0.6 is 0 Å².